The van der Waals surface area contributed by atoms with Crippen LogP contribution in [0.3, 0.4) is 0 Å². The zero-order valence-corrected chi connectivity index (χ0v) is 24.5. The molecule has 0 saturated heterocycles. The average molecular weight is 533 g/mol. The van der Waals surface area contributed by atoms with E-state index in [4.69, 9.17) is 10.5 Å². The van der Waals surface area contributed by atoms with Crippen LogP contribution in [0.1, 0.15) is 104 Å². The van der Waals surface area contributed by atoms with Crippen LogP contribution in [-0.2, 0) is 19.1 Å². The van der Waals surface area contributed by atoms with Crippen molar-refractivity contribution < 1.29 is 23.9 Å². The molecule has 0 aliphatic rings. The Labute approximate surface area is 228 Å². The first-order chi connectivity index (χ1) is 17.5. The summed E-state index contributed by atoms with van der Waals surface area (Å²) in [7, 11) is 0. The molecule has 2 atom stereocenters. The molecule has 0 fully saturated rings. The van der Waals surface area contributed by atoms with Gasteiger partial charge >= 0.3 is 6.09 Å². The molecule has 0 aliphatic carbocycles. The summed E-state index contributed by atoms with van der Waals surface area (Å²) in [5.74, 6) is -1.39. The third kappa shape index (κ3) is 12.4. The number of benzene rings is 1. The Kier molecular flexibility index (Phi) is 12.8. The van der Waals surface area contributed by atoms with Crippen molar-refractivity contribution in [1.82, 2.24) is 15.5 Å². The second-order valence-corrected chi connectivity index (χ2v) is 11.8. The minimum Gasteiger partial charge on any atom is -0.444 e. The molecule has 0 bridgehead atoms. The Balaban J connectivity index is 3.51. The maximum atomic E-state index is 14.1. The van der Waals surface area contributed by atoms with Gasteiger partial charge in [0.25, 0.3) is 0 Å². The Morgan fingerprint density at radius 2 is 1.58 bits per heavy atom. The van der Waals surface area contributed by atoms with Gasteiger partial charge < -0.3 is 26.0 Å². The van der Waals surface area contributed by atoms with Crippen molar-refractivity contribution in [2.45, 2.75) is 117 Å². The molecular weight excluding hydrogens is 484 g/mol. The normalized spacial score (nSPS) is 13.3. The lowest BCUT2D eigenvalue weighted by Gasteiger charge is -2.36. The molecule has 214 valence electrons. The number of nitrogens with one attached hydrogen (secondary N) is 2. The van der Waals surface area contributed by atoms with Gasteiger partial charge in [0.15, 0.2) is 0 Å². The quantitative estimate of drug-likeness (QED) is 0.322. The van der Waals surface area contributed by atoms with Gasteiger partial charge in [0, 0.05) is 18.5 Å². The fourth-order valence-electron chi connectivity index (χ4n) is 3.93. The first-order valence-electron chi connectivity index (χ1n) is 13.5. The maximum absolute atomic E-state index is 14.1. The van der Waals surface area contributed by atoms with Crippen molar-refractivity contribution in [1.29, 1.82) is 0 Å². The summed E-state index contributed by atoms with van der Waals surface area (Å²) in [5, 5.41) is 5.63. The zero-order valence-electron chi connectivity index (χ0n) is 24.5. The van der Waals surface area contributed by atoms with Crippen molar-refractivity contribution in [3.63, 3.8) is 0 Å². The number of carbonyl (C=O) groups excluding carboxylic acids is 4. The van der Waals surface area contributed by atoms with Crippen molar-refractivity contribution in [2.75, 3.05) is 6.54 Å². The standard InChI is InChI=1S/C29H48N4O5/c1-9-10-11-12-19-33(24(25(35)32-28(3,4)5)21-15-13-20(2)14-16-21)26(36)22(17-18-23(30)34)31-27(37)38-29(6,7)8/h13-16,22,24H,9-12,17-19H2,1-8H3,(H2,30,34)(H,31,37)(H,32,35). The lowest BCUT2D eigenvalue weighted by Crippen LogP contribution is -2.55. The van der Waals surface area contributed by atoms with Crippen LogP contribution in [-0.4, -0.2) is 52.4 Å². The molecule has 4 amide bonds. The van der Waals surface area contributed by atoms with E-state index in [1.807, 2.05) is 52.0 Å². The van der Waals surface area contributed by atoms with Crippen LogP contribution in [0.4, 0.5) is 4.79 Å². The molecule has 0 aliphatic heterocycles. The first kappa shape index (κ1) is 32.9. The van der Waals surface area contributed by atoms with Gasteiger partial charge in [0.1, 0.15) is 17.7 Å². The summed E-state index contributed by atoms with van der Waals surface area (Å²) in [6.45, 7) is 15.1. The van der Waals surface area contributed by atoms with Crippen LogP contribution in [0.2, 0.25) is 0 Å². The second-order valence-electron chi connectivity index (χ2n) is 11.8. The molecule has 9 nitrogen and oxygen atoms in total. The van der Waals surface area contributed by atoms with Crippen molar-refractivity contribution in [3.8, 4) is 0 Å². The van der Waals surface area contributed by atoms with Gasteiger partial charge in [0.2, 0.25) is 17.7 Å². The number of aryl methyl sites for hydroxylation is 1. The van der Waals surface area contributed by atoms with Crippen molar-refractivity contribution >= 4 is 23.8 Å². The molecule has 0 saturated carbocycles. The molecule has 9 heteroatoms. The zero-order chi connectivity index (χ0) is 29.1. The van der Waals surface area contributed by atoms with Gasteiger partial charge in [-0.25, -0.2) is 4.79 Å². The highest BCUT2D eigenvalue weighted by Gasteiger charge is 2.37. The SMILES string of the molecule is CCCCCCN(C(=O)C(CCC(N)=O)NC(=O)OC(C)(C)C)C(C(=O)NC(C)(C)C)c1ccc(C)cc1. The summed E-state index contributed by atoms with van der Waals surface area (Å²) < 4.78 is 5.37. The molecule has 38 heavy (non-hydrogen) atoms. The van der Waals surface area contributed by atoms with E-state index in [-0.39, 0.29) is 18.7 Å². The van der Waals surface area contributed by atoms with Gasteiger partial charge in [0.05, 0.1) is 0 Å². The number of amides is 4. The minimum absolute atomic E-state index is 0.0135. The number of hydrogen-bond donors (Lipinski definition) is 3. The number of ether oxygens (including phenoxy) is 1. The summed E-state index contributed by atoms with van der Waals surface area (Å²) >= 11 is 0. The topological polar surface area (TPSA) is 131 Å². The molecule has 1 rings (SSSR count). The molecule has 0 radical (unpaired) electrons. The number of nitrogens with zero attached hydrogens (tertiary/aromatic N) is 1. The minimum atomic E-state index is -1.10. The van der Waals surface area contributed by atoms with Crippen LogP contribution in [0.25, 0.3) is 0 Å². The van der Waals surface area contributed by atoms with Crippen LogP contribution >= 0.6 is 0 Å². The van der Waals surface area contributed by atoms with E-state index >= 15 is 0 Å². The number of alkyl carbamates (subject to hydrolysis) is 1. The van der Waals surface area contributed by atoms with E-state index in [9.17, 15) is 19.2 Å². The van der Waals surface area contributed by atoms with E-state index in [0.717, 1.165) is 24.8 Å². The third-order valence-electron chi connectivity index (χ3n) is 5.66. The Morgan fingerprint density at radius 1 is 0.974 bits per heavy atom. The molecule has 2 unspecified atom stereocenters. The predicted octanol–water partition coefficient (Wildman–Crippen LogP) is 4.52. The smallest absolute Gasteiger partial charge is 0.408 e. The lowest BCUT2D eigenvalue weighted by molar-refractivity contribution is -0.143. The highest BCUT2D eigenvalue weighted by atomic mass is 16.6. The van der Waals surface area contributed by atoms with Crippen LogP contribution in [0, 0.1) is 6.92 Å². The highest BCUT2D eigenvalue weighted by molar-refractivity contribution is 5.92. The summed E-state index contributed by atoms with van der Waals surface area (Å²) in [6, 6.07) is 5.45. The maximum Gasteiger partial charge on any atom is 0.408 e. The lowest BCUT2D eigenvalue weighted by atomic mass is 9.98. The van der Waals surface area contributed by atoms with Gasteiger partial charge in [-0.05, 0) is 66.9 Å². The van der Waals surface area contributed by atoms with Gasteiger partial charge in [-0.15, -0.1) is 0 Å². The molecule has 0 heterocycles. The summed E-state index contributed by atoms with van der Waals surface area (Å²) in [4.78, 5) is 53.5. The number of primary amides is 1. The van der Waals surface area contributed by atoms with Gasteiger partial charge in [-0.2, -0.15) is 0 Å². The number of rotatable bonds is 13. The number of unbranched alkanes of at least 4 members (excludes halogenated alkanes) is 3. The number of carbonyl (C=O) groups is 4. The largest absolute Gasteiger partial charge is 0.444 e. The molecule has 1 aromatic rings. The van der Waals surface area contributed by atoms with Crippen molar-refractivity contribution in [3.05, 3.63) is 35.4 Å². The van der Waals surface area contributed by atoms with Crippen molar-refractivity contribution in [2.24, 2.45) is 5.73 Å². The molecule has 4 N–H and O–H groups in total. The molecule has 1 aromatic carbocycles. The van der Waals surface area contributed by atoms with E-state index in [0.29, 0.717) is 18.5 Å². The summed E-state index contributed by atoms with van der Waals surface area (Å²) in [5.41, 5.74) is 5.75. The molecular formula is C29H48N4O5. The van der Waals surface area contributed by atoms with Gasteiger partial charge in [-0.3, -0.25) is 14.4 Å². The van der Waals surface area contributed by atoms with Crippen LogP contribution in [0.15, 0.2) is 24.3 Å². The third-order valence-corrected chi connectivity index (χ3v) is 5.66. The summed E-state index contributed by atoms with van der Waals surface area (Å²) in [6.07, 6.45) is 2.66. The highest BCUT2D eigenvalue weighted by Crippen LogP contribution is 2.26. The number of hydrogen-bond acceptors (Lipinski definition) is 5. The number of nitrogens with two attached hydrogens (primary N) is 1. The fourth-order valence-corrected chi connectivity index (χ4v) is 3.93. The van der Waals surface area contributed by atoms with Crippen LogP contribution in [0.5, 0.6) is 0 Å². The van der Waals surface area contributed by atoms with E-state index < -0.39 is 41.1 Å². The van der Waals surface area contributed by atoms with E-state index in [1.54, 1.807) is 20.8 Å². The van der Waals surface area contributed by atoms with E-state index in [2.05, 4.69) is 17.6 Å². The Bertz CT molecular complexity index is 932. The molecule has 0 aromatic heterocycles. The first-order valence-corrected chi connectivity index (χ1v) is 13.5. The fraction of sp³-hybridized carbons (Fsp3) is 0.655. The average Bonchev–Trinajstić information content (AvgIpc) is 2.76. The predicted molar refractivity (Wildman–Crippen MR) is 149 cm³/mol. The Morgan fingerprint density at radius 3 is 2.08 bits per heavy atom. The second kappa shape index (κ2) is 14.7. The molecule has 0 spiro atoms. The van der Waals surface area contributed by atoms with Crippen LogP contribution < -0.4 is 16.4 Å². The van der Waals surface area contributed by atoms with Gasteiger partial charge in [-0.1, -0.05) is 56.0 Å². The van der Waals surface area contributed by atoms with E-state index in [1.165, 1.54) is 4.90 Å². The monoisotopic (exact) mass is 532 g/mol. The Hall–Kier alpha value is -3.10.